The first-order valence-corrected chi connectivity index (χ1v) is 16.1. The summed E-state index contributed by atoms with van der Waals surface area (Å²) in [6, 6.07) is 9.16. The van der Waals surface area contributed by atoms with Crippen molar-refractivity contribution in [2.45, 2.75) is 107 Å². The van der Waals surface area contributed by atoms with Gasteiger partial charge in [0.15, 0.2) is 0 Å². The number of rotatable bonds is 9. The number of hydrogen-bond acceptors (Lipinski definition) is 6. The Balaban J connectivity index is 1.28. The number of nitrogens with one attached hydrogen (secondary N) is 2. The average Bonchev–Trinajstić information content (AvgIpc) is 3.71. The first kappa shape index (κ1) is 30.2. The molecular formula is C34H41F3N6O2. The van der Waals surface area contributed by atoms with Crippen LogP contribution in [0.25, 0.3) is 0 Å². The van der Waals surface area contributed by atoms with E-state index >= 15 is 0 Å². The lowest BCUT2D eigenvalue weighted by Gasteiger charge is -2.46. The summed E-state index contributed by atoms with van der Waals surface area (Å²) in [5, 5.41) is 15.7. The Labute approximate surface area is 261 Å². The molecule has 3 aromatic rings. The van der Waals surface area contributed by atoms with Crippen molar-refractivity contribution in [2.24, 2.45) is 7.05 Å². The highest BCUT2D eigenvalue weighted by Gasteiger charge is 2.51. The van der Waals surface area contributed by atoms with E-state index in [0.717, 1.165) is 62.0 Å². The number of benzene rings is 2. The Morgan fingerprint density at radius 1 is 1.07 bits per heavy atom. The van der Waals surface area contributed by atoms with Crippen LogP contribution in [0.15, 0.2) is 36.7 Å². The van der Waals surface area contributed by atoms with Gasteiger partial charge in [-0.15, -0.1) is 10.2 Å². The summed E-state index contributed by atoms with van der Waals surface area (Å²) >= 11 is 0. The molecule has 7 rings (SSSR count). The number of ether oxygens (including phenoxy) is 1. The van der Waals surface area contributed by atoms with Crippen molar-refractivity contribution in [3.05, 3.63) is 70.3 Å². The van der Waals surface area contributed by atoms with Crippen LogP contribution in [0, 0.1) is 0 Å². The number of amides is 1. The minimum absolute atomic E-state index is 0.0351. The molecule has 0 bridgehead atoms. The van der Waals surface area contributed by atoms with Crippen molar-refractivity contribution in [3.8, 4) is 0 Å². The molecule has 2 heterocycles. The topological polar surface area (TPSA) is 84.3 Å². The van der Waals surface area contributed by atoms with Crippen LogP contribution < -0.4 is 15.5 Å². The average molecular weight is 623 g/mol. The molecule has 0 radical (unpaired) electrons. The first-order valence-electron chi connectivity index (χ1n) is 16.1. The van der Waals surface area contributed by atoms with Gasteiger partial charge < -0.3 is 24.8 Å². The summed E-state index contributed by atoms with van der Waals surface area (Å²) in [6.07, 6.45) is 6.01. The summed E-state index contributed by atoms with van der Waals surface area (Å²) in [4.78, 5) is 15.6. The van der Waals surface area contributed by atoms with Gasteiger partial charge in [0.1, 0.15) is 12.2 Å². The van der Waals surface area contributed by atoms with Crippen molar-refractivity contribution in [1.29, 1.82) is 0 Å². The van der Waals surface area contributed by atoms with Crippen molar-refractivity contribution in [2.75, 3.05) is 17.3 Å². The molecule has 3 aliphatic carbocycles. The molecular weight excluding hydrogens is 581 g/mol. The van der Waals surface area contributed by atoms with Crippen LogP contribution in [0.4, 0.5) is 24.5 Å². The standard InChI is InChI=1S/C34H41F3N6O2/c1-32(9-6-10-32)38-18-21-11-27-28(29(12-21)34(35,36)37)19-43(30(27)44)25-14-22(13-24(15-25)40-23-7-4-5-8-23)33(16-26(17-33)45-3)31-41-39-20-42(31)2/h11-15,20,23,26,38,40H,4-10,16-19H2,1-3H3/t26-,33-. The molecule has 0 spiro atoms. The zero-order valence-corrected chi connectivity index (χ0v) is 26.1. The highest BCUT2D eigenvalue weighted by molar-refractivity contribution is 6.10. The monoisotopic (exact) mass is 622 g/mol. The zero-order valence-electron chi connectivity index (χ0n) is 26.1. The van der Waals surface area contributed by atoms with E-state index < -0.39 is 23.1 Å². The quantitative estimate of drug-likeness (QED) is 0.285. The summed E-state index contributed by atoms with van der Waals surface area (Å²) < 4.78 is 51.0. The molecule has 0 unspecified atom stereocenters. The predicted octanol–water partition coefficient (Wildman–Crippen LogP) is 6.48. The maximum Gasteiger partial charge on any atom is 0.416 e. The maximum atomic E-state index is 14.5. The van der Waals surface area contributed by atoms with Crippen LogP contribution in [0.3, 0.4) is 0 Å². The Morgan fingerprint density at radius 3 is 2.44 bits per heavy atom. The van der Waals surface area contributed by atoms with Crippen molar-refractivity contribution in [3.63, 3.8) is 0 Å². The molecule has 8 nitrogen and oxygen atoms in total. The van der Waals surface area contributed by atoms with Crippen molar-refractivity contribution in [1.82, 2.24) is 20.1 Å². The lowest BCUT2D eigenvalue weighted by atomic mass is 9.61. The highest BCUT2D eigenvalue weighted by atomic mass is 19.4. The number of carbonyl (C=O) groups excluding carboxylic acids is 1. The number of methoxy groups -OCH3 is 1. The maximum absolute atomic E-state index is 14.5. The van der Waals surface area contributed by atoms with Crippen LogP contribution in [-0.4, -0.2) is 45.5 Å². The Hall–Kier alpha value is -3.44. The Morgan fingerprint density at radius 2 is 1.82 bits per heavy atom. The lowest BCUT2D eigenvalue weighted by molar-refractivity contribution is -0.138. The Bertz CT molecular complexity index is 1600. The fourth-order valence-corrected chi connectivity index (χ4v) is 7.81. The highest BCUT2D eigenvalue weighted by Crippen LogP contribution is 2.51. The van der Waals surface area contributed by atoms with E-state index in [1.807, 2.05) is 23.7 Å². The molecule has 240 valence electrons. The SMILES string of the molecule is CO[C@H]1C[C@](c2cc(NC3CCCC3)cc(N3Cc4c(cc(CNC5(C)CCC5)cc4C(F)(F)F)C3=O)c2)(c2nncn2C)C1. The third kappa shape index (κ3) is 5.41. The zero-order chi connectivity index (χ0) is 31.6. The Kier molecular flexibility index (Phi) is 7.47. The van der Waals surface area contributed by atoms with Crippen molar-refractivity contribution < 1.29 is 22.7 Å². The van der Waals surface area contributed by atoms with Gasteiger partial charge in [-0.1, -0.05) is 12.8 Å². The molecule has 45 heavy (non-hydrogen) atoms. The van der Waals surface area contributed by atoms with E-state index in [4.69, 9.17) is 4.74 Å². The van der Waals surface area contributed by atoms with Gasteiger partial charge in [-0.2, -0.15) is 13.2 Å². The first-order chi connectivity index (χ1) is 21.5. The number of carbonyl (C=O) groups is 1. The fraction of sp³-hybridized carbons (Fsp3) is 0.559. The molecule has 3 saturated carbocycles. The largest absolute Gasteiger partial charge is 0.416 e. The van der Waals surface area contributed by atoms with Crippen LogP contribution in [0.5, 0.6) is 0 Å². The van der Waals surface area contributed by atoms with Gasteiger partial charge in [0.2, 0.25) is 0 Å². The van der Waals surface area contributed by atoms with Crippen molar-refractivity contribution >= 4 is 17.3 Å². The third-order valence-electron chi connectivity index (χ3n) is 10.7. The minimum Gasteiger partial charge on any atom is -0.382 e. The van der Waals surface area contributed by atoms with Gasteiger partial charge in [0.05, 0.1) is 23.6 Å². The lowest BCUT2D eigenvalue weighted by Crippen LogP contribution is -2.48. The van der Waals surface area contributed by atoms with Gasteiger partial charge in [-0.3, -0.25) is 4.79 Å². The molecule has 2 N–H and O–H groups in total. The number of anilines is 2. The molecule has 4 aliphatic rings. The molecule has 1 aromatic heterocycles. The van der Waals surface area contributed by atoms with E-state index in [-0.39, 0.29) is 35.9 Å². The van der Waals surface area contributed by atoms with E-state index in [1.54, 1.807) is 19.5 Å². The molecule has 0 saturated heterocycles. The third-order valence-corrected chi connectivity index (χ3v) is 10.7. The summed E-state index contributed by atoms with van der Waals surface area (Å²) in [5.41, 5.74) is 1.71. The second kappa shape index (κ2) is 11.1. The summed E-state index contributed by atoms with van der Waals surface area (Å²) in [6.45, 7) is 2.24. The van der Waals surface area contributed by atoms with Crippen LogP contribution in [-0.2, 0) is 36.5 Å². The molecule has 0 atom stereocenters. The molecule has 3 fully saturated rings. The van der Waals surface area contributed by atoms with Gasteiger partial charge in [0, 0.05) is 49.2 Å². The number of nitrogens with zero attached hydrogens (tertiary/aromatic N) is 4. The molecule has 11 heteroatoms. The second-order valence-electron chi connectivity index (χ2n) is 13.8. The minimum atomic E-state index is -4.58. The predicted molar refractivity (Wildman–Crippen MR) is 165 cm³/mol. The van der Waals surface area contributed by atoms with Crippen LogP contribution in [0.1, 0.15) is 103 Å². The normalized spacial score (nSPS) is 24.4. The smallest absolute Gasteiger partial charge is 0.382 e. The van der Waals surface area contributed by atoms with E-state index in [1.165, 1.54) is 11.0 Å². The van der Waals surface area contributed by atoms with Crippen LogP contribution >= 0.6 is 0 Å². The van der Waals surface area contributed by atoms with Gasteiger partial charge >= 0.3 is 6.18 Å². The van der Waals surface area contributed by atoms with Gasteiger partial charge in [-0.25, -0.2) is 0 Å². The molecule has 1 aliphatic heterocycles. The summed E-state index contributed by atoms with van der Waals surface area (Å²) in [5.74, 6) is 0.389. The number of fused-ring (bicyclic) bond motifs is 1. The number of halogens is 3. The second-order valence-corrected chi connectivity index (χ2v) is 13.8. The number of aromatic nitrogens is 3. The number of alkyl halides is 3. The van der Waals surface area contributed by atoms with Crippen LogP contribution in [0.2, 0.25) is 0 Å². The molecule has 1 amide bonds. The fourth-order valence-electron chi connectivity index (χ4n) is 7.81. The number of aryl methyl sites for hydroxylation is 1. The summed E-state index contributed by atoms with van der Waals surface area (Å²) in [7, 11) is 3.61. The van der Waals surface area contributed by atoms with E-state index in [2.05, 4.69) is 33.8 Å². The number of hydrogen-bond donors (Lipinski definition) is 2. The van der Waals surface area contributed by atoms with Gasteiger partial charge in [0.25, 0.3) is 5.91 Å². The van der Waals surface area contributed by atoms with E-state index in [0.29, 0.717) is 30.1 Å². The van der Waals surface area contributed by atoms with Gasteiger partial charge in [-0.05, 0) is 98.9 Å². The molecule has 2 aromatic carbocycles. The van der Waals surface area contributed by atoms with E-state index in [9.17, 15) is 18.0 Å².